The van der Waals surface area contributed by atoms with Crippen LogP contribution in [0.15, 0.2) is 58.4 Å². The average molecular weight is 1200 g/mol. The number of allylic oxidation sites excluding steroid dienone is 3. The van der Waals surface area contributed by atoms with Crippen LogP contribution < -0.4 is 5.32 Å². The number of hydrogen-bond acceptors (Lipinski definition) is 22. The average Bonchev–Trinajstić information content (AvgIpc) is 1.74. The van der Waals surface area contributed by atoms with Crippen LogP contribution in [0.2, 0.25) is 0 Å². The first kappa shape index (κ1) is 64.5. The molecule has 26 unspecified atom stereocenters. The SMILES string of the molecule is COC(=O)NC1C(C)OC(OC2C/C=C(\C)C3C=CC4C(OC5CC(OC6CCC(OC7CC(O)C(O)C(C)O7)C(C)O6)C(OC(C)=O)C(C)O5)C(C)CC(C)C4C3(C)/C(O)=C3/C(=O)OC4(CC(C=O)=CC(O)C4/C=C/2C)C3=O)CC1(C)[N+](=O)[O-]. The number of methoxy groups -OCH3 is 1. The third kappa shape index (κ3) is 12.3. The largest absolute Gasteiger partial charge is 0.511 e. The lowest BCUT2D eigenvalue weighted by Crippen LogP contribution is -2.65. The number of ketones is 1. The molecule has 0 aromatic rings. The monoisotopic (exact) mass is 1200 g/mol. The fourth-order valence-electron chi connectivity index (χ4n) is 15.5. The van der Waals surface area contributed by atoms with Crippen molar-refractivity contribution in [2.24, 2.45) is 40.9 Å². The van der Waals surface area contributed by atoms with Crippen LogP contribution >= 0.6 is 0 Å². The Kier molecular flexibility index (Phi) is 19.2. The Balaban J connectivity index is 1.03. The second-order valence-corrected chi connectivity index (χ2v) is 25.7. The van der Waals surface area contributed by atoms with E-state index < -0.39 is 191 Å². The number of hydrogen-bond donors (Lipinski definition) is 5. The molecule has 5 heterocycles. The maximum absolute atomic E-state index is 15.5. The van der Waals surface area contributed by atoms with Crippen LogP contribution in [0.25, 0.3) is 0 Å². The molecule has 472 valence electrons. The number of esters is 2. The summed E-state index contributed by atoms with van der Waals surface area (Å²) < 4.78 is 68.5. The van der Waals surface area contributed by atoms with Crippen molar-refractivity contribution < 1.29 is 101 Å². The van der Waals surface area contributed by atoms with Crippen molar-refractivity contribution in [3.63, 3.8) is 0 Å². The number of nitro groups is 1. The van der Waals surface area contributed by atoms with Crippen molar-refractivity contribution in [3.8, 4) is 0 Å². The highest BCUT2D eigenvalue weighted by Crippen LogP contribution is 2.61. The molecular weight excluding hydrogens is 1110 g/mol. The Hall–Kier alpha value is -4.99. The van der Waals surface area contributed by atoms with Crippen LogP contribution in [0, 0.1) is 51.0 Å². The number of rotatable bonds is 12. The minimum Gasteiger partial charge on any atom is -0.511 e. The van der Waals surface area contributed by atoms with Gasteiger partial charge in [0.2, 0.25) is 11.3 Å². The van der Waals surface area contributed by atoms with Gasteiger partial charge in [0.25, 0.3) is 0 Å². The minimum absolute atomic E-state index is 0.0000144. The van der Waals surface area contributed by atoms with E-state index in [0.717, 1.165) is 7.11 Å². The maximum atomic E-state index is 15.5. The van der Waals surface area contributed by atoms with Crippen LogP contribution in [-0.4, -0.2) is 178 Å². The summed E-state index contributed by atoms with van der Waals surface area (Å²) in [5.74, 6) is -6.40. The van der Waals surface area contributed by atoms with Crippen LogP contribution in [0.5, 0.6) is 0 Å². The van der Waals surface area contributed by atoms with Crippen molar-refractivity contribution in [3.05, 3.63) is 68.5 Å². The second kappa shape index (κ2) is 25.2. The van der Waals surface area contributed by atoms with E-state index in [4.69, 9.17) is 52.1 Å². The van der Waals surface area contributed by atoms with Gasteiger partial charge in [0, 0.05) is 61.7 Å². The Labute approximate surface area is 495 Å². The first-order valence-electron chi connectivity index (χ1n) is 29.9. The Morgan fingerprint density at radius 2 is 1.47 bits per heavy atom. The molecule has 1 amide bonds. The number of alkyl carbamates (subject to hydrolysis) is 1. The van der Waals surface area contributed by atoms with Gasteiger partial charge in [-0.15, -0.1) is 0 Å². The van der Waals surface area contributed by atoms with Gasteiger partial charge in [0.1, 0.15) is 35.9 Å². The van der Waals surface area contributed by atoms with Gasteiger partial charge in [-0.1, -0.05) is 50.6 Å². The molecule has 24 heteroatoms. The molecule has 0 aromatic carbocycles. The first-order chi connectivity index (χ1) is 40.0. The highest BCUT2D eigenvalue weighted by Gasteiger charge is 2.65. The zero-order valence-electron chi connectivity index (χ0n) is 50.5. The maximum Gasteiger partial charge on any atom is 0.407 e. The van der Waals surface area contributed by atoms with Gasteiger partial charge in [-0.3, -0.25) is 24.5 Å². The normalized spacial score (nSPS) is 47.8. The number of aldehydes is 1. The Bertz CT molecular complexity index is 2720. The number of aliphatic hydroxyl groups is 4. The predicted molar refractivity (Wildman–Crippen MR) is 297 cm³/mol. The van der Waals surface area contributed by atoms with Crippen molar-refractivity contribution in [1.82, 2.24) is 5.32 Å². The molecule has 4 aliphatic carbocycles. The summed E-state index contributed by atoms with van der Waals surface area (Å²) in [6.07, 6.45) is -4.08. The Morgan fingerprint density at radius 3 is 2.13 bits per heavy atom. The molecule has 5 aliphatic heterocycles. The molecule has 0 aromatic heterocycles. The smallest absolute Gasteiger partial charge is 0.407 e. The third-order valence-electron chi connectivity index (χ3n) is 19.8. The zero-order valence-corrected chi connectivity index (χ0v) is 50.5. The third-order valence-corrected chi connectivity index (χ3v) is 19.8. The lowest BCUT2D eigenvalue weighted by atomic mass is 9.49. The van der Waals surface area contributed by atoms with Crippen molar-refractivity contribution in [2.75, 3.05) is 7.11 Å². The number of Topliss-reactive ketones (excluding diaryl/α,β-unsaturated/α-hetero) is 1. The molecule has 5 N–H and O–H groups in total. The number of amides is 1. The van der Waals surface area contributed by atoms with Crippen molar-refractivity contribution in [1.29, 1.82) is 0 Å². The summed E-state index contributed by atoms with van der Waals surface area (Å²) in [4.78, 5) is 80.1. The van der Waals surface area contributed by atoms with E-state index in [1.807, 2.05) is 32.9 Å². The molecule has 9 rings (SSSR count). The number of carbonyl (C=O) groups excluding carboxylic acids is 5. The molecule has 24 nitrogen and oxygen atoms in total. The summed E-state index contributed by atoms with van der Waals surface area (Å²) in [5, 5.41) is 61.1. The van der Waals surface area contributed by atoms with E-state index in [1.54, 1.807) is 33.8 Å². The molecule has 1 spiro atoms. The quantitative estimate of drug-likeness (QED) is 0.0308. The van der Waals surface area contributed by atoms with Crippen LogP contribution in [0.1, 0.15) is 128 Å². The van der Waals surface area contributed by atoms with Crippen LogP contribution in [-0.2, 0) is 71.3 Å². The van der Waals surface area contributed by atoms with E-state index in [1.165, 1.54) is 19.9 Å². The van der Waals surface area contributed by atoms with E-state index in [-0.39, 0.29) is 43.1 Å². The van der Waals surface area contributed by atoms with Gasteiger partial charge in [-0.2, -0.15) is 0 Å². The van der Waals surface area contributed by atoms with Crippen molar-refractivity contribution in [2.45, 2.75) is 243 Å². The van der Waals surface area contributed by atoms with Gasteiger partial charge < -0.3 is 77.8 Å². The fourth-order valence-corrected chi connectivity index (χ4v) is 15.5. The molecule has 26 atom stereocenters. The van der Waals surface area contributed by atoms with Crippen LogP contribution in [0.4, 0.5) is 4.79 Å². The predicted octanol–water partition coefficient (Wildman–Crippen LogP) is 5.45. The van der Waals surface area contributed by atoms with Crippen molar-refractivity contribution >= 4 is 30.1 Å². The highest BCUT2D eigenvalue weighted by atomic mass is 16.7. The molecule has 2 bridgehead atoms. The highest BCUT2D eigenvalue weighted by molar-refractivity contribution is 6.26. The number of ether oxygens (including phenoxy) is 11. The van der Waals surface area contributed by atoms with Gasteiger partial charge >= 0.3 is 18.0 Å². The van der Waals surface area contributed by atoms with Gasteiger partial charge in [-0.25, -0.2) is 9.59 Å². The fraction of sp³-hybridized carbons (Fsp3) is 0.754. The van der Waals surface area contributed by atoms with E-state index >= 15 is 4.79 Å². The van der Waals surface area contributed by atoms with Gasteiger partial charge in [0.05, 0.1) is 74.4 Å². The molecule has 1 saturated carbocycles. The summed E-state index contributed by atoms with van der Waals surface area (Å²) in [6, 6.07) is -1.12. The number of nitrogens with zero attached hydrogens (tertiary/aromatic N) is 1. The Morgan fingerprint density at radius 1 is 0.800 bits per heavy atom. The molecule has 85 heavy (non-hydrogen) atoms. The molecule has 0 radical (unpaired) electrons. The standard InChI is InChI=1S/C61H86N2O22/c1-27-13-16-42(81-48-25-59(10,63(73)74)54(34(8)79-48)62-58(72)75-12)28(2)20-39-40(66)21-36(26-64)24-61(39)56(70)49(57(71)85-61)55(69)60(11)38(27)15-14-37-50(60)29(3)19-30(4)52(37)84-47-23-44(53(33(7)78-47)80-35(9)65)83-45-18-17-43(31(5)76-45)82-46-22-41(67)51(68)32(6)77-46/h13-15,20-21,26,29-34,37-48,50-54,66-69H,16-19,22-25H2,1-12H3,(H,62,72)/b27-13+,28-20+,55-49-. The minimum atomic E-state index is -2.19. The van der Waals surface area contributed by atoms with E-state index in [9.17, 15) is 49.7 Å². The number of aliphatic hydroxyl groups excluding tert-OH is 4. The number of nitrogens with one attached hydrogen (secondary N) is 1. The molecular formula is C61H86N2O22. The second-order valence-electron chi connectivity index (χ2n) is 25.7. The van der Waals surface area contributed by atoms with Gasteiger partial charge in [-0.05, 0) is 95.8 Å². The van der Waals surface area contributed by atoms with E-state index in [0.29, 0.717) is 36.7 Å². The van der Waals surface area contributed by atoms with Gasteiger partial charge in [0.15, 0.2) is 36.9 Å². The lowest BCUT2D eigenvalue weighted by Gasteiger charge is -2.56. The molecule has 5 saturated heterocycles. The summed E-state index contributed by atoms with van der Waals surface area (Å²) >= 11 is 0. The molecule has 6 fully saturated rings. The molecule has 9 aliphatic rings. The first-order valence-corrected chi connectivity index (χ1v) is 29.9. The zero-order chi connectivity index (χ0) is 61.9. The van der Waals surface area contributed by atoms with Crippen LogP contribution in [0.3, 0.4) is 0 Å². The number of fused-ring (bicyclic) bond motifs is 4. The number of carbonyl (C=O) groups is 5. The summed E-state index contributed by atoms with van der Waals surface area (Å²) in [5.41, 5.74) is -4.88. The topological polar surface area (TPSA) is 323 Å². The summed E-state index contributed by atoms with van der Waals surface area (Å²) in [7, 11) is 1.15. The van der Waals surface area contributed by atoms with E-state index in [2.05, 4.69) is 25.2 Å². The summed E-state index contributed by atoms with van der Waals surface area (Å²) in [6.45, 7) is 19.1. The lowest BCUT2D eigenvalue weighted by molar-refractivity contribution is -0.584.